The van der Waals surface area contributed by atoms with E-state index in [9.17, 15) is 9.59 Å². The summed E-state index contributed by atoms with van der Waals surface area (Å²) in [5.41, 5.74) is 2.23. The fourth-order valence-electron chi connectivity index (χ4n) is 2.00. The summed E-state index contributed by atoms with van der Waals surface area (Å²) in [5, 5.41) is 17.8. The third-order valence-corrected chi connectivity index (χ3v) is 2.84. The van der Waals surface area contributed by atoms with Gasteiger partial charge in [0.25, 0.3) is 0 Å². The van der Waals surface area contributed by atoms with Crippen molar-refractivity contribution < 1.29 is 19.8 Å². The van der Waals surface area contributed by atoms with Crippen molar-refractivity contribution in [3.63, 3.8) is 0 Å². The quantitative estimate of drug-likeness (QED) is 0.778. The van der Waals surface area contributed by atoms with Gasteiger partial charge in [0.1, 0.15) is 0 Å². The van der Waals surface area contributed by atoms with Crippen LogP contribution in [0.3, 0.4) is 0 Å². The molecule has 0 fully saturated rings. The minimum atomic E-state index is -0.936. The van der Waals surface area contributed by atoms with Crippen LogP contribution in [0.15, 0.2) is 18.2 Å². The van der Waals surface area contributed by atoms with E-state index >= 15 is 0 Å². The highest BCUT2D eigenvalue weighted by Gasteiger charge is 2.13. The van der Waals surface area contributed by atoms with E-state index in [0.717, 1.165) is 24.8 Å². The normalized spacial score (nSPS) is 10.3. The zero-order valence-electron chi connectivity index (χ0n) is 10.5. The van der Waals surface area contributed by atoms with Crippen molar-refractivity contribution >= 4 is 11.9 Å². The average molecular weight is 250 g/mol. The second-order valence-electron chi connectivity index (χ2n) is 4.30. The molecule has 2 N–H and O–H groups in total. The predicted molar refractivity (Wildman–Crippen MR) is 67.7 cm³/mol. The number of benzene rings is 1. The summed E-state index contributed by atoms with van der Waals surface area (Å²) in [6.07, 6.45) is 2.57. The number of carboxylic acid groups (broad SMARTS) is 2. The molecule has 0 aliphatic carbocycles. The Balaban J connectivity index is 3.07. The molecular formula is C14H18O4. The molecule has 0 unspecified atom stereocenters. The first kappa shape index (κ1) is 14.2. The van der Waals surface area contributed by atoms with Crippen LogP contribution >= 0.6 is 0 Å². The highest BCUT2D eigenvalue weighted by Crippen LogP contribution is 2.19. The molecule has 0 saturated heterocycles. The van der Waals surface area contributed by atoms with Crippen LogP contribution in [0.2, 0.25) is 0 Å². The Kier molecular flexibility index (Phi) is 5.36. The number of carbonyl (C=O) groups is 2. The third-order valence-electron chi connectivity index (χ3n) is 2.84. The lowest BCUT2D eigenvalue weighted by Gasteiger charge is -2.12. The molecule has 4 heteroatoms. The topological polar surface area (TPSA) is 74.6 Å². The third kappa shape index (κ3) is 4.20. The van der Waals surface area contributed by atoms with E-state index in [1.807, 2.05) is 6.07 Å². The van der Waals surface area contributed by atoms with Gasteiger partial charge in [0.2, 0.25) is 0 Å². The monoisotopic (exact) mass is 250 g/mol. The molecule has 0 aliphatic rings. The van der Waals surface area contributed by atoms with Crippen LogP contribution in [0, 0.1) is 0 Å². The average Bonchev–Trinajstić information content (AvgIpc) is 2.28. The van der Waals surface area contributed by atoms with Crippen LogP contribution < -0.4 is 0 Å². The standard InChI is InChI=1S/C14H18O4/c1-2-3-5-10-6-4-7-11(8-13(15)16)12(10)9-14(17)18/h4,6-7H,2-3,5,8-9H2,1H3,(H,15,16)(H,17,18). The maximum atomic E-state index is 10.9. The van der Waals surface area contributed by atoms with Gasteiger partial charge in [0.05, 0.1) is 12.8 Å². The van der Waals surface area contributed by atoms with Gasteiger partial charge in [0, 0.05) is 0 Å². The summed E-state index contributed by atoms with van der Waals surface area (Å²) in [4.78, 5) is 21.7. The van der Waals surface area contributed by atoms with Crippen molar-refractivity contribution in [2.45, 2.75) is 39.0 Å². The van der Waals surface area contributed by atoms with Crippen LogP contribution in [0.1, 0.15) is 36.5 Å². The van der Waals surface area contributed by atoms with Gasteiger partial charge in [-0.3, -0.25) is 9.59 Å². The largest absolute Gasteiger partial charge is 0.481 e. The Labute approximate surface area is 106 Å². The molecule has 18 heavy (non-hydrogen) atoms. The predicted octanol–water partition coefficient (Wildman–Crippen LogP) is 2.28. The Hall–Kier alpha value is -1.84. The second-order valence-corrected chi connectivity index (χ2v) is 4.30. The lowest BCUT2D eigenvalue weighted by molar-refractivity contribution is -0.137. The number of rotatable bonds is 7. The minimum absolute atomic E-state index is 0.109. The van der Waals surface area contributed by atoms with Crippen LogP contribution in [0.25, 0.3) is 0 Å². The van der Waals surface area contributed by atoms with E-state index in [-0.39, 0.29) is 12.8 Å². The highest BCUT2D eigenvalue weighted by molar-refractivity contribution is 5.75. The van der Waals surface area contributed by atoms with Crippen molar-refractivity contribution in [2.24, 2.45) is 0 Å². The number of carboxylic acids is 2. The summed E-state index contributed by atoms with van der Waals surface area (Å²) >= 11 is 0. The molecule has 0 spiro atoms. The maximum absolute atomic E-state index is 10.9. The molecule has 0 aliphatic heterocycles. The first-order chi connectivity index (χ1) is 8.54. The van der Waals surface area contributed by atoms with E-state index in [2.05, 4.69) is 6.92 Å². The number of unbranched alkanes of at least 4 members (excludes halogenated alkanes) is 1. The van der Waals surface area contributed by atoms with Gasteiger partial charge in [-0.1, -0.05) is 31.5 Å². The Morgan fingerprint density at radius 1 is 1.06 bits per heavy atom. The Morgan fingerprint density at radius 2 is 1.67 bits per heavy atom. The highest BCUT2D eigenvalue weighted by atomic mass is 16.4. The van der Waals surface area contributed by atoms with Crippen molar-refractivity contribution in [2.75, 3.05) is 0 Å². The molecule has 1 rings (SSSR count). The Morgan fingerprint density at radius 3 is 2.22 bits per heavy atom. The molecule has 98 valence electrons. The molecule has 0 heterocycles. The molecule has 0 atom stereocenters. The minimum Gasteiger partial charge on any atom is -0.481 e. The molecule has 1 aromatic rings. The summed E-state index contributed by atoms with van der Waals surface area (Å²) < 4.78 is 0. The fourth-order valence-corrected chi connectivity index (χ4v) is 2.00. The SMILES string of the molecule is CCCCc1cccc(CC(=O)O)c1CC(=O)O. The van der Waals surface area contributed by atoms with Crippen LogP contribution in [-0.2, 0) is 28.9 Å². The van der Waals surface area contributed by atoms with E-state index < -0.39 is 11.9 Å². The molecule has 0 radical (unpaired) electrons. The number of hydrogen-bond donors (Lipinski definition) is 2. The van der Waals surface area contributed by atoms with Crippen molar-refractivity contribution in [1.29, 1.82) is 0 Å². The van der Waals surface area contributed by atoms with E-state index in [4.69, 9.17) is 10.2 Å². The van der Waals surface area contributed by atoms with Gasteiger partial charge in [0.15, 0.2) is 0 Å². The van der Waals surface area contributed by atoms with Gasteiger partial charge in [-0.05, 0) is 29.5 Å². The van der Waals surface area contributed by atoms with E-state index in [0.29, 0.717) is 11.1 Å². The van der Waals surface area contributed by atoms with E-state index in [1.165, 1.54) is 0 Å². The fraction of sp³-hybridized carbons (Fsp3) is 0.429. The summed E-state index contributed by atoms with van der Waals surface area (Å²) in [5.74, 6) is -1.86. The van der Waals surface area contributed by atoms with E-state index in [1.54, 1.807) is 12.1 Å². The van der Waals surface area contributed by atoms with Gasteiger partial charge in [-0.2, -0.15) is 0 Å². The number of hydrogen-bond acceptors (Lipinski definition) is 2. The van der Waals surface area contributed by atoms with Crippen LogP contribution in [0.5, 0.6) is 0 Å². The molecule has 0 saturated carbocycles. The Bertz CT molecular complexity index is 437. The summed E-state index contributed by atoms with van der Waals surface area (Å²) in [6, 6.07) is 5.38. The van der Waals surface area contributed by atoms with Gasteiger partial charge < -0.3 is 10.2 Å². The zero-order valence-corrected chi connectivity index (χ0v) is 10.5. The van der Waals surface area contributed by atoms with Crippen molar-refractivity contribution in [3.8, 4) is 0 Å². The smallest absolute Gasteiger partial charge is 0.307 e. The molecule has 1 aromatic carbocycles. The summed E-state index contributed by atoms with van der Waals surface area (Å²) in [7, 11) is 0. The molecule has 0 aromatic heterocycles. The first-order valence-electron chi connectivity index (χ1n) is 6.07. The molecule has 4 nitrogen and oxygen atoms in total. The van der Waals surface area contributed by atoms with Crippen molar-refractivity contribution in [3.05, 3.63) is 34.9 Å². The summed E-state index contributed by atoms with van der Waals surface area (Å²) in [6.45, 7) is 2.07. The van der Waals surface area contributed by atoms with Crippen LogP contribution in [-0.4, -0.2) is 22.2 Å². The van der Waals surface area contributed by atoms with Gasteiger partial charge in [-0.25, -0.2) is 0 Å². The molecular weight excluding hydrogens is 232 g/mol. The second kappa shape index (κ2) is 6.79. The van der Waals surface area contributed by atoms with Crippen LogP contribution in [0.4, 0.5) is 0 Å². The number of aliphatic carboxylic acids is 2. The van der Waals surface area contributed by atoms with Gasteiger partial charge in [-0.15, -0.1) is 0 Å². The first-order valence-corrected chi connectivity index (χ1v) is 6.07. The van der Waals surface area contributed by atoms with Crippen molar-refractivity contribution in [1.82, 2.24) is 0 Å². The maximum Gasteiger partial charge on any atom is 0.307 e. The lowest BCUT2D eigenvalue weighted by atomic mass is 9.93. The molecule has 0 bridgehead atoms. The zero-order chi connectivity index (χ0) is 13.5. The number of aryl methyl sites for hydroxylation is 1. The molecule has 0 amide bonds. The lowest BCUT2D eigenvalue weighted by Crippen LogP contribution is -2.10. The van der Waals surface area contributed by atoms with Gasteiger partial charge >= 0.3 is 11.9 Å².